The zero-order chi connectivity index (χ0) is 11.3. The monoisotopic (exact) mass is 213 g/mol. The SMILES string of the molecule is CC(C)N(CCN(C)C)CC1CCCN1. The van der Waals surface area contributed by atoms with E-state index >= 15 is 0 Å². The van der Waals surface area contributed by atoms with Gasteiger partial charge in [-0.2, -0.15) is 0 Å². The second kappa shape index (κ2) is 6.46. The normalized spacial score (nSPS) is 22.2. The van der Waals surface area contributed by atoms with Gasteiger partial charge in [0.1, 0.15) is 0 Å². The van der Waals surface area contributed by atoms with Gasteiger partial charge < -0.3 is 10.2 Å². The summed E-state index contributed by atoms with van der Waals surface area (Å²) in [5.41, 5.74) is 0. The lowest BCUT2D eigenvalue weighted by Crippen LogP contribution is -2.44. The van der Waals surface area contributed by atoms with E-state index in [0.29, 0.717) is 6.04 Å². The fourth-order valence-electron chi connectivity index (χ4n) is 2.08. The van der Waals surface area contributed by atoms with Crippen LogP contribution in [0.25, 0.3) is 0 Å². The maximum Gasteiger partial charge on any atom is 0.0195 e. The van der Waals surface area contributed by atoms with Gasteiger partial charge in [-0.25, -0.2) is 0 Å². The van der Waals surface area contributed by atoms with Crippen LogP contribution in [-0.4, -0.2) is 62.2 Å². The van der Waals surface area contributed by atoms with Crippen LogP contribution < -0.4 is 5.32 Å². The van der Waals surface area contributed by atoms with E-state index in [2.05, 4.69) is 43.1 Å². The Morgan fingerprint density at radius 2 is 2.00 bits per heavy atom. The fraction of sp³-hybridized carbons (Fsp3) is 1.00. The quantitative estimate of drug-likeness (QED) is 0.710. The van der Waals surface area contributed by atoms with E-state index in [1.807, 2.05) is 0 Å². The minimum Gasteiger partial charge on any atom is -0.313 e. The van der Waals surface area contributed by atoms with Gasteiger partial charge in [-0.15, -0.1) is 0 Å². The molecule has 0 aromatic heterocycles. The van der Waals surface area contributed by atoms with E-state index in [-0.39, 0.29) is 0 Å². The van der Waals surface area contributed by atoms with Gasteiger partial charge >= 0.3 is 0 Å². The van der Waals surface area contributed by atoms with E-state index < -0.39 is 0 Å². The summed E-state index contributed by atoms with van der Waals surface area (Å²) in [6.45, 7) is 9.36. The molecule has 0 aromatic carbocycles. The minimum absolute atomic E-state index is 0.660. The number of nitrogens with one attached hydrogen (secondary N) is 1. The van der Waals surface area contributed by atoms with Crippen molar-refractivity contribution < 1.29 is 0 Å². The molecule has 0 amide bonds. The Kier molecular flexibility index (Phi) is 5.58. The molecule has 1 rings (SSSR count). The number of likely N-dealkylation sites (N-methyl/N-ethyl adjacent to an activating group) is 1. The highest BCUT2D eigenvalue weighted by molar-refractivity contribution is 4.79. The lowest BCUT2D eigenvalue weighted by Gasteiger charge is -2.30. The van der Waals surface area contributed by atoms with E-state index in [4.69, 9.17) is 0 Å². The van der Waals surface area contributed by atoms with E-state index in [1.54, 1.807) is 0 Å². The number of nitrogens with zero attached hydrogens (tertiary/aromatic N) is 2. The summed E-state index contributed by atoms with van der Waals surface area (Å²) in [6.07, 6.45) is 2.70. The average molecular weight is 213 g/mol. The first-order valence-corrected chi connectivity index (χ1v) is 6.21. The van der Waals surface area contributed by atoms with Crippen LogP contribution in [0.1, 0.15) is 26.7 Å². The van der Waals surface area contributed by atoms with Crippen molar-refractivity contribution in [1.29, 1.82) is 0 Å². The largest absolute Gasteiger partial charge is 0.313 e. The van der Waals surface area contributed by atoms with Gasteiger partial charge in [-0.3, -0.25) is 4.90 Å². The lowest BCUT2D eigenvalue weighted by molar-refractivity contribution is 0.184. The Bertz CT molecular complexity index is 162. The molecular weight excluding hydrogens is 186 g/mol. The van der Waals surface area contributed by atoms with Crippen LogP contribution in [0.5, 0.6) is 0 Å². The highest BCUT2D eigenvalue weighted by Crippen LogP contribution is 2.09. The van der Waals surface area contributed by atoms with Crippen molar-refractivity contribution in [3.8, 4) is 0 Å². The van der Waals surface area contributed by atoms with Crippen LogP contribution in [0.4, 0.5) is 0 Å². The third kappa shape index (κ3) is 4.96. The first-order valence-electron chi connectivity index (χ1n) is 6.21. The van der Waals surface area contributed by atoms with Crippen molar-refractivity contribution in [3.05, 3.63) is 0 Å². The van der Waals surface area contributed by atoms with Crippen molar-refractivity contribution in [2.24, 2.45) is 0 Å². The number of hydrogen-bond donors (Lipinski definition) is 1. The second-order valence-electron chi connectivity index (χ2n) is 5.19. The predicted octanol–water partition coefficient (Wildman–Crippen LogP) is 1.01. The number of rotatable bonds is 6. The Labute approximate surface area is 94.8 Å². The lowest BCUT2D eigenvalue weighted by atomic mass is 10.2. The van der Waals surface area contributed by atoms with Gasteiger partial charge in [0.15, 0.2) is 0 Å². The molecule has 1 unspecified atom stereocenters. The molecule has 90 valence electrons. The molecular formula is C12H27N3. The molecule has 1 heterocycles. The van der Waals surface area contributed by atoms with Crippen LogP contribution in [0.15, 0.2) is 0 Å². The Morgan fingerprint density at radius 3 is 2.47 bits per heavy atom. The van der Waals surface area contributed by atoms with Gasteiger partial charge in [-0.1, -0.05) is 0 Å². The Morgan fingerprint density at radius 1 is 1.27 bits per heavy atom. The summed E-state index contributed by atoms with van der Waals surface area (Å²) < 4.78 is 0. The van der Waals surface area contributed by atoms with Crippen LogP contribution in [0.2, 0.25) is 0 Å². The molecule has 1 saturated heterocycles. The van der Waals surface area contributed by atoms with Crippen molar-refractivity contribution in [1.82, 2.24) is 15.1 Å². The second-order valence-corrected chi connectivity index (χ2v) is 5.19. The predicted molar refractivity (Wildman–Crippen MR) is 66.3 cm³/mol. The summed E-state index contributed by atoms with van der Waals surface area (Å²) in [7, 11) is 4.29. The third-order valence-corrected chi connectivity index (χ3v) is 3.18. The van der Waals surface area contributed by atoms with Gasteiger partial charge in [0.25, 0.3) is 0 Å². The zero-order valence-electron chi connectivity index (χ0n) is 10.8. The summed E-state index contributed by atoms with van der Waals surface area (Å²) >= 11 is 0. The molecule has 0 spiro atoms. The molecule has 0 aliphatic carbocycles. The van der Waals surface area contributed by atoms with Crippen LogP contribution >= 0.6 is 0 Å². The maximum atomic E-state index is 3.57. The molecule has 0 aromatic rings. The van der Waals surface area contributed by atoms with Crippen LogP contribution in [-0.2, 0) is 0 Å². The van der Waals surface area contributed by atoms with Crippen LogP contribution in [0.3, 0.4) is 0 Å². The zero-order valence-corrected chi connectivity index (χ0v) is 10.8. The standard InChI is InChI=1S/C12H27N3/c1-11(2)15(9-8-14(3)4)10-12-6-5-7-13-12/h11-13H,5-10H2,1-4H3. The number of hydrogen-bond acceptors (Lipinski definition) is 3. The molecule has 3 nitrogen and oxygen atoms in total. The molecule has 0 bridgehead atoms. The van der Waals surface area contributed by atoms with Crippen LogP contribution in [0, 0.1) is 0 Å². The molecule has 1 aliphatic rings. The summed E-state index contributed by atoms with van der Waals surface area (Å²) in [5.74, 6) is 0. The average Bonchev–Trinajstić information content (AvgIpc) is 2.63. The minimum atomic E-state index is 0.660. The van der Waals surface area contributed by atoms with E-state index in [9.17, 15) is 0 Å². The van der Waals surface area contributed by atoms with Crippen molar-refractivity contribution in [2.75, 3.05) is 40.3 Å². The van der Waals surface area contributed by atoms with Gasteiger partial charge in [0.2, 0.25) is 0 Å². The molecule has 0 radical (unpaired) electrons. The fourth-order valence-corrected chi connectivity index (χ4v) is 2.08. The molecule has 1 fully saturated rings. The topological polar surface area (TPSA) is 18.5 Å². The highest BCUT2D eigenvalue weighted by atomic mass is 15.2. The van der Waals surface area contributed by atoms with Gasteiger partial charge in [-0.05, 0) is 47.3 Å². The first kappa shape index (κ1) is 12.9. The van der Waals surface area contributed by atoms with E-state index in [1.165, 1.54) is 32.5 Å². The Balaban J connectivity index is 2.29. The molecule has 0 saturated carbocycles. The van der Waals surface area contributed by atoms with Gasteiger partial charge in [0, 0.05) is 31.7 Å². The summed E-state index contributed by atoms with van der Waals surface area (Å²) in [4.78, 5) is 4.85. The smallest absolute Gasteiger partial charge is 0.0195 e. The van der Waals surface area contributed by atoms with Crippen molar-refractivity contribution in [3.63, 3.8) is 0 Å². The molecule has 1 N–H and O–H groups in total. The molecule has 3 heteroatoms. The first-order chi connectivity index (χ1) is 7.09. The highest BCUT2D eigenvalue weighted by Gasteiger charge is 2.19. The van der Waals surface area contributed by atoms with Crippen molar-refractivity contribution >= 4 is 0 Å². The summed E-state index contributed by atoms with van der Waals surface area (Å²) in [5, 5.41) is 3.57. The molecule has 15 heavy (non-hydrogen) atoms. The molecule has 1 aliphatic heterocycles. The Hall–Kier alpha value is -0.120. The van der Waals surface area contributed by atoms with Crippen molar-refractivity contribution in [2.45, 2.75) is 38.8 Å². The summed E-state index contributed by atoms with van der Waals surface area (Å²) in [6, 6.07) is 1.39. The maximum absolute atomic E-state index is 3.57. The van der Waals surface area contributed by atoms with E-state index in [0.717, 1.165) is 12.6 Å². The third-order valence-electron chi connectivity index (χ3n) is 3.18. The molecule has 1 atom stereocenters. The van der Waals surface area contributed by atoms with Gasteiger partial charge in [0.05, 0.1) is 0 Å².